The highest BCUT2D eigenvalue weighted by atomic mass is 14.9. The summed E-state index contributed by atoms with van der Waals surface area (Å²) in [5.74, 6) is 2.20. The van der Waals surface area contributed by atoms with Gasteiger partial charge in [0.15, 0.2) is 0 Å². The third kappa shape index (κ3) is 2.56. The van der Waals surface area contributed by atoms with Crippen LogP contribution in [0.1, 0.15) is 38.2 Å². The Morgan fingerprint density at radius 1 is 1.46 bits per heavy atom. The Morgan fingerprint density at radius 2 is 2.15 bits per heavy atom. The van der Waals surface area contributed by atoms with E-state index in [1.54, 1.807) is 0 Å². The van der Waals surface area contributed by atoms with E-state index in [1.807, 2.05) is 6.20 Å². The van der Waals surface area contributed by atoms with Crippen LogP contribution >= 0.6 is 0 Å². The summed E-state index contributed by atoms with van der Waals surface area (Å²) >= 11 is 0. The SMILES string of the molecule is CC(C)C(C)c1nc(CCN)c[nH]1. The van der Waals surface area contributed by atoms with Crippen molar-refractivity contribution < 1.29 is 0 Å². The lowest BCUT2D eigenvalue weighted by Crippen LogP contribution is -2.05. The zero-order valence-corrected chi connectivity index (χ0v) is 8.67. The van der Waals surface area contributed by atoms with Crippen LogP contribution in [0.15, 0.2) is 6.20 Å². The Balaban J connectivity index is 2.67. The number of aromatic amines is 1. The molecule has 0 aromatic carbocycles. The fourth-order valence-electron chi connectivity index (χ4n) is 1.20. The number of hydrogen-bond donors (Lipinski definition) is 2. The van der Waals surface area contributed by atoms with Crippen molar-refractivity contribution in [2.75, 3.05) is 6.54 Å². The molecule has 13 heavy (non-hydrogen) atoms. The maximum atomic E-state index is 5.45. The summed E-state index contributed by atoms with van der Waals surface area (Å²) in [5.41, 5.74) is 6.53. The third-order valence-corrected chi connectivity index (χ3v) is 2.48. The van der Waals surface area contributed by atoms with Crippen LogP contribution in [0.25, 0.3) is 0 Å². The molecule has 1 aromatic heterocycles. The highest BCUT2D eigenvalue weighted by molar-refractivity contribution is 5.05. The van der Waals surface area contributed by atoms with Crippen LogP contribution in [-0.4, -0.2) is 16.5 Å². The predicted molar refractivity (Wildman–Crippen MR) is 54.6 cm³/mol. The first-order valence-electron chi connectivity index (χ1n) is 4.89. The maximum absolute atomic E-state index is 5.45. The molecular weight excluding hydrogens is 162 g/mol. The van der Waals surface area contributed by atoms with E-state index in [2.05, 4.69) is 30.7 Å². The fraction of sp³-hybridized carbons (Fsp3) is 0.700. The topological polar surface area (TPSA) is 54.7 Å². The first-order chi connectivity index (χ1) is 6.15. The van der Waals surface area contributed by atoms with E-state index >= 15 is 0 Å². The molecule has 0 bridgehead atoms. The number of rotatable bonds is 4. The molecule has 0 aliphatic carbocycles. The second kappa shape index (κ2) is 4.42. The molecule has 3 N–H and O–H groups in total. The second-order valence-electron chi connectivity index (χ2n) is 3.85. The van der Waals surface area contributed by atoms with Gasteiger partial charge >= 0.3 is 0 Å². The van der Waals surface area contributed by atoms with E-state index in [4.69, 9.17) is 5.73 Å². The summed E-state index contributed by atoms with van der Waals surface area (Å²) in [7, 11) is 0. The number of nitrogens with two attached hydrogens (primary N) is 1. The molecule has 1 unspecified atom stereocenters. The molecule has 0 amide bonds. The summed E-state index contributed by atoms with van der Waals surface area (Å²) in [6.07, 6.45) is 2.82. The van der Waals surface area contributed by atoms with E-state index in [0.717, 1.165) is 17.9 Å². The van der Waals surface area contributed by atoms with Gasteiger partial charge in [0.1, 0.15) is 5.82 Å². The number of nitrogens with zero attached hydrogens (tertiary/aromatic N) is 1. The maximum Gasteiger partial charge on any atom is 0.109 e. The first kappa shape index (κ1) is 10.3. The van der Waals surface area contributed by atoms with Crippen molar-refractivity contribution in [2.45, 2.75) is 33.1 Å². The lowest BCUT2D eigenvalue weighted by molar-refractivity contribution is 0.513. The van der Waals surface area contributed by atoms with Crippen molar-refractivity contribution >= 4 is 0 Å². The molecule has 3 heteroatoms. The number of hydrogen-bond acceptors (Lipinski definition) is 2. The van der Waals surface area contributed by atoms with Crippen molar-refractivity contribution in [1.82, 2.24) is 9.97 Å². The summed E-state index contributed by atoms with van der Waals surface area (Å²) in [4.78, 5) is 7.69. The zero-order valence-electron chi connectivity index (χ0n) is 8.67. The van der Waals surface area contributed by atoms with Crippen molar-refractivity contribution in [2.24, 2.45) is 11.7 Å². The predicted octanol–water partition coefficient (Wildman–Crippen LogP) is 1.67. The van der Waals surface area contributed by atoms with E-state index in [0.29, 0.717) is 18.4 Å². The van der Waals surface area contributed by atoms with E-state index in [1.165, 1.54) is 0 Å². The second-order valence-corrected chi connectivity index (χ2v) is 3.85. The minimum atomic E-state index is 0.492. The van der Waals surface area contributed by atoms with Crippen molar-refractivity contribution in [1.29, 1.82) is 0 Å². The zero-order chi connectivity index (χ0) is 9.84. The highest BCUT2D eigenvalue weighted by Gasteiger charge is 2.12. The lowest BCUT2D eigenvalue weighted by atomic mass is 9.98. The van der Waals surface area contributed by atoms with E-state index < -0.39 is 0 Å². The minimum absolute atomic E-state index is 0.492. The van der Waals surface area contributed by atoms with Crippen LogP contribution in [0.5, 0.6) is 0 Å². The molecule has 0 fully saturated rings. The van der Waals surface area contributed by atoms with Gasteiger partial charge in [-0.15, -0.1) is 0 Å². The molecular formula is C10H19N3. The highest BCUT2D eigenvalue weighted by Crippen LogP contribution is 2.20. The van der Waals surface area contributed by atoms with Gasteiger partial charge in [-0.2, -0.15) is 0 Å². The van der Waals surface area contributed by atoms with Gasteiger partial charge < -0.3 is 10.7 Å². The van der Waals surface area contributed by atoms with Gasteiger partial charge in [0.2, 0.25) is 0 Å². The van der Waals surface area contributed by atoms with E-state index in [9.17, 15) is 0 Å². The number of imidazole rings is 1. The van der Waals surface area contributed by atoms with Gasteiger partial charge in [-0.25, -0.2) is 4.98 Å². The van der Waals surface area contributed by atoms with Crippen molar-refractivity contribution in [3.05, 3.63) is 17.7 Å². The van der Waals surface area contributed by atoms with Crippen LogP contribution < -0.4 is 5.73 Å². The van der Waals surface area contributed by atoms with Crippen LogP contribution in [-0.2, 0) is 6.42 Å². The van der Waals surface area contributed by atoms with Crippen LogP contribution in [0.2, 0.25) is 0 Å². The monoisotopic (exact) mass is 181 g/mol. The molecule has 1 heterocycles. The van der Waals surface area contributed by atoms with Crippen LogP contribution in [0.4, 0.5) is 0 Å². The fourth-order valence-corrected chi connectivity index (χ4v) is 1.20. The summed E-state index contributed by atoms with van der Waals surface area (Å²) < 4.78 is 0. The first-order valence-corrected chi connectivity index (χ1v) is 4.89. The van der Waals surface area contributed by atoms with Gasteiger partial charge in [-0.1, -0.05) is 20.8 Å². The molecule has 3 nitrogen and oxygen atoms in total. The molecule has 0 saturated carbocycles. The molecule has 0 saturated heterocycles. The van der Waals surface area contributed by atoms with Crippen molar-refractivity contribution in [3.63, 3.8) is 0 Å². The molecule has 0 radical (unpaired) electrons. The summed E-state index contributed by atoms with van der Waals surface area (Å²) in [6, 6.07) is 0. The summed E-state index contributed by atoms with van der Waals surface area (Å²) in [5, 5.41) is 0. The summed E-state index contributed by atoms with van der Waals surface area (Å²) in [6.45, 7) is 7.27. The Kier molecular flexibility index (Phi) is 3.48. The standard InChI is InChI=1S/C10H19N3/c1-7(2)8(3)10-12-6-9(13-10)4-5-11/h6-8H,4-5,11H2,1-3H3,(H,12,13). The van der Waals surface area contributed by atoms with Crippen LogP contribution in [0.3, 0.4) is 0 Å². The normalized spacial score (nSPS) is 13.6. The number of H-pyrrole nitrogens is 1. The quantitative estimate of drug-likeness (QED) is 0.742. The number of aromatic nitrogens is 2. The molecule has 1 aromatic rings. The largest absolute Gasteiger partial charge is 0.348 e. The van der Waals surface area contributed by atoms with Gasteiger partial charge in [-0.3, -0.25) is 0 Å². The number of nitrogens with one attached hydrogen (secondary N) is 1. The van der Waals surface area contributed by atoms with E-state index in [-0.39, 0.29) is 0 Å². The molecule has 1 rings (SSSR count). The van der Waals surface area contributed by atoms with Gasteiger partial charge in [0.25, 0.3) is 0 Å². The molecule has 0 spiro atoms. The third-order valence-electron chi connectivity index (χ3n) is 2.48. The van der Waals surface area contributed by atoms with Crippen molar-refractivity contribution in [3.8, 4) is 0 Å². The Morgan fingerprint density at radius 3 is 2.69 bits per heavy atom. The Bertz CT molecular complexity index is 252. The molecule has 0 aliphatic rings. The Hall–Kier alpha value is -0.830. The minimum Gasteiger partial charge on any atom is -0.348 e. The molecule has 74 valence electrons. The van der Waals surface area contributed by atoms with Gasteiger partial charge in [0, 0.05) is 18.5 Å². The Labute approximate surface area is 79.8 Å². The van der Waals surface area contributed by atoms with Crippen LogP contribution in [0, 0.1) is 5.92 Å². The average molecular weight is 181 g/mol. The molecule has 1 atom stereocenters. The van der Waals surface area contributed by atoms with Gasteiger partial charge in [-0.05, 0) is 12.5 Å². The smallest absolute Gasteiger partial charge is 0.109 e. The molecule has 0 aliphatic heterocycles. The lowest BCUT2D eigenvalue weighted by Gasteiger charge is -2.11. The average Bonchev–Trinajstić information content (AvgIpc) is 2.52. The van der Waals surface area contributed by atoms with Gasteiger partial charge in [0.05, 0.1) is 5.69 Å².